The van der Waals surface area contributed by atoms with Gasteiger partial charge in [0, 0.05) is 6.61 Å². The monoisotopic (exact) mass is 258 g/mol. The van der Waals surface area contributed by atoms with Crippen molar-refractivity contribution < 1.29 is 24.2 Å². The second kappa shape index (κ2) is 6.95. The van der Waals surface area contributed by atoms with Crippen LogP contribution in [0.1, 0.15) is 19.8 Å². The number of aliphatic carboxylic acids is 1. The summed E-state index contributed by atoms with van der Waals surface area (Å²) in [4.78, 5) is 33.2. The lowest BCUT2D eigenvalue weighted by Gasteiger charge is -2.16. The molecule has 1 aliphatic rings. The molecule has 7 heteroatoms. The average Bonchev–Trinajstić information content (AvgIpc) is 2.81. The molecule has 1 rings (SSSR count). The molecule has 0 saturated carbocycles. The molecule has 1 fully saturated rings. The van der Waals surface area contributed by atoms with Crippen LogP contribution in [0, 0.1) is 5.92 Å². The highest BCUT2D eigenvalue weighted by Crippen LogP contribution is 2.23. The molecule has 1 saturated heterocycles. The van der Waals surface area contributed by atoms with Gasteiger partial charge in [-0.05, 0) is 12.8 Å². The highest BCUT2D eigenvalue weighted by atomic mass is 16.5. The molecule has 3 N–H and O–H groups in total. The summed E-state index contributed by atoms with van der Waals surface area (Å²) in [5, 5.41) is 13.0. The van der Waals surface area contributed by atoms with Crippen LogP contribution in [0.15, 0.2) is 0 Å². The number of amides is 2. The van der Waals surface area contributed by atoms with Crippen LogP contribution in [0.3, 0.4) is 0 Å². The fraction of sp³-hybridized carbons (Fsp3) is 0.727. The van der Waals surface area contributed by atoms with Gasteiger partial charge in [-0.1, -0.05) is 6.92 Å². The van der Waals surface area contributed by atoms with E-state index in [-0.39, 0.29) is 24.5 Å². The summed E-state index contributed by atoms with van der Waals surface area (Å²) < 4.78 is 5.38. The van der Waals surface area contributed by atoms with Gasteiger partial charge in [0.05, 0.1) is 18.6 Å². The van der Waals surface area contributed by atoms with Crippen molar-refractivity contribution in [3.63, 3.8) is 0 Å². The molecule has 0 radical (unpaired) electrons. The van der Waals surface area contributed by atoms with Crippen molar-refractivity contribution in [1.29, 1.82) is 0 Å². The fourth-order valence-corrected chi connectivity index (χ4v) is 1.89. The maximum absolute atomic E-state index is 11.8. The number of carboxylic acids is 1. The first kappa shape index (κ1) is 14.4. The van der Waals surface area contributed by atoms with Crippen molar-refractivity contribution in [3.8, 4) is 0 Å². The van der Waals surface area contributed by atoms with Gasteiger partial charge in [-0.2, -0.15) is 0 Å². The molecule has 18 heavy (non-hydrogen) atoms. The Labute approximate surface area is 105 Å². The number of rotatable bonds is 6. The Kier molecular flexibility index (Phi) is 5.57. The molecule has 0 spiro atoms. The van der Waals surface area contributed by atoms with E-state index < -0.39 is 18.4 Å². The predicted molar refractivity (Wildman–Crippen MR) is 61.8 cm³/mol. The van der Waals surface area contributed by atoms with Gasteiger partial charge in [0.1, 0.15) is 6.54 Å². The highest BCUT2D eigenvalue weighted by Gasteiger charge is 2.32. The Balaban J connectivity index is 2.28. The standard InChI is InChI=1S/C11H18N2O5/c1-2-8-7(3-4-18-8)11(17)13-5-9(14)12-6-10(15)16/h7-8H,2-6H2,1H3,(H,12,14)(H,13,17)(H,15,16). The van der Waals surface area contributed by atoms with Crippen LogP contribution in [-0.2, 0) is 19.1 Å². The summed E-state index contributed by atoms with van der Waals surface area (Å²) in [6.45, 7) is 1.84. The zero-order valence-corrected chi connectivity index (χ0v) is 10.3. The quantitative estimate of drug-likeness (QED) is 0.573. The van der Waals surface area contributed by atoms with Gasteiger partial charge in [0.25, 0.3) is 0 Å². The number of carbonyl (C=O) groups is 3. The van der Waals surface area contributed by atoms with E-state index in [4.69, 9.17) is 9.84 Å². The van der Waals surface area contributed by atoms with Crippen LogP contribution >= 0.6 is 0 Å². The van der Waals surface area contributed by atoms with Crippen molar-refractivity contribution in [2.75, 3.05) is 19.7 Å². The van der Waals surface area contributed by atoms with Crippen molar-refractivity contribution >= 4 is 17.8 Å². The lowest BCUT2D eigenvalue weighted by molar-refractivity contribution is -0.137. The van der Waals surface area contributed by atoms with E-state index in [0.717, 1.165) is 6.42 Å². The summed E-state index contributed by atoms with van der Waals surface area (Å²) in [7, 11) is 0. The van der Waals surface area contributed by atoms with Crippen molar-refractivity contribution in [3.05, 3.63) is 0 Å². The second-order valence-corrected chi connectivity index (χ2v) is 4.10. The molecule has 1 aliphatic heterocycles. The fourth-order valence-electron chi connectivity index (χ4n) is 1.89. The molecular weight excluding hydrogens is 240 g/mol. The highest BCUT2D eigenvalue weighted by molar-refractivity contribution is 5.87. The normalized spacial score (nSPS) is 22.5. The van der Waals surface area contributed by atoms with Crippen molar-refractivity contribution in [2.24, 2.45) is 5.92 Å². The summed E-state index contributed by atoms with van der Waals surface area (Å²) in [5.41, 5.74) is 0. The number of ether oxygens (including phenoxy) is 1. The average molecular weight is 258 g/mol. The molecule has 0 aromatic heterocycles. The van der Waals surface area contributed by atoms with E-state index in [9.17, 15) is 14.4 Å². The lowest BCUT2D eigenvalue weighted by Crippen LogP contribution is -2.42. The molecule has 2 amide bonds. The molecule has 7 nitrogen and oxygen atoms in total. The van der Waals surface area contributed by atoms with E-state index in [2.05, 4.69) is 10.6 Å². The van der Waals surface area contributed by atoms with Gasteiger partial charge in [-0.25, -0.2) is 0 Å². The minimum Gasteiger partial charge on any atom is -0.480 e. The Morgan fingerprint density at radius 3 is 2.61 bits per heavy atom. The van der Waals surface area contributed by atoms with Gasteiger partial charge in [-0.15, -0.1) is 0 Å². The number of carbonyl (C=O) groups excluding carboxylic acids is 2. The van der Waals surface area contributed by atoms with E-state index in [1.165, 1.54) is 0 Å². The minimum atomic E-state index is -1.12. The lowest BCUT2D eigenvalue weighted by atomic mass is 9.99. The molecule has 0 aliphatic carbocycles. The molecule has 2 unspecified atom stereocenters. The zero-order chi connectivity index (χ0) is 13.5. The summed E-state index contributed by atoms with van der Waals surface area (Å²) in [6, 6.07) is 0. The van der Waals surface area contributed by atoms with Crippen molar-refractivity contribution in [2.45, 2.75) is 25.9 Å². The number of hydrogen-bond donors (Lipinski definition) is 3. The minimum absolute atomic E-state index is 0.0907. The van der Waals surface area contributed by atoms with Crippen LogP contribution in [0.2, 0.25) is 0 Å². The largest absolute Gasteiger partial charge is 0.480 e. The van der Waals surface area contributed by atoms with E-state index in [1.54, 1.807) is 0 Å². The Morgan fingerprint density at radius 2 is 2.00 bits per heavy atom. The molecular formula is C11H18N2O5. The number of hydrogen-bond acceptors (Lipinski definition) is 4. The predicted octanol–water partition coefficient (Wildman–Crippen LogP) is -0.881. The van der Waals surface area contributed by atoms with E-state index >= 15 is 0 Å². The van der Waals surface area contributed by atoms with Crippen LogP contribution in [0.25, 0.3) is 0 Å². The van der Waals surface area contributed by atoms with Gasteiger partial charge in [0.2, 0.25) is 11.8 Å². The molecule has 2 atom stereocenters. The first-order valence-electron chi connectivity index (χ1n) is 5.92. The van der Waals surface area contributed by atoms with E-state index in [0.29, 0.717) is 13.0 Å². The maximum Gasteiger partial charge on any atom is 0.322 e. The molecule has 0 aromatic rings. The zero-order valence-electron chi connectivity index (χ0n) is 10.3. The van der Waals surface area contributed by atoms with Crippen LogP contribution in [0.5, 0.6) is 0 Å². The Bertz CT molecular complexity index is 331. The van der Waals surface area contributed by atoms with Crippen LogP contribution < -0.4 is 10.6 Å². The molecule has 0 aromatic carbocycles. The maximum atomic E-state index is 11.8. The summed E-state index contributed by atoms with van der Waals surface area (Å²) >= 11 is 0. The first-order chi connectivity index (χ1) is 8.54. The van der Waals surface area contributed by atoms with Gasteiger partial charge in [0.15, 0.2) is 0 Å². The second-order valence-electron chi connectivity index (χ2n) is 4.10. The molecule has 102 valence electrons. The Hall–Kier alpha value is -1.63. The van der Waals surface area contributed by atoms with Crippen LogP contribution in [-0.4, -0.2) is 48.7 Å². The third-order valence-electron chi connectivity index (χ3n) is 2.81. The van der Waals surface area contributed by atoms with Gasteiger partial charge >= 0.3 is 5.97 Å². The van der Waals surface area contributed by atoms with Gasteiger partial charge in [-0.3, -0.25) is 14.4 Å². The van der Waals surface area contributed by atoms with Crippen LogP contribution in [0.4, 0.5) is 0 Å². The summed E-state index contributed by atoms with van der Waals surface area (Å²) in [6.07, 6.45) is 1.32. The first-order valence-corrected chi connectivity index (χ1v) is 5.92. The number of carboxylic acid groups (broad SMARTS) is 1. The smallest absolute Gasteiger partial charge is 0.322 e. The van der Waals surface area contributed by atoms with E-state index in [1.807, 2.05) is 6.92 Å². The number of nitrogens with one attached hydrogen (secondary N) is 2. The third kappa shape index (κ3) is 4.33. The molecule has 1 heterocycles. The SMILES string of the molecule is CCC1OCCC1C(=O)NCC(=O)NCC(=O)O. The topological polar surface area (TPSA) is 105 Å². The molecule has 0 bridgehead atoms. The van der Waals surface area contributed by atoms with Gasteiger partial charge < -0.3 is 20.5 Å². The summed E-state index contributed by atoms with van der Waals surface area (Å²) in [5.74, 6) is -2.07. The third-order valence-corrected chi connectivity index (χ3v) is 2.81. The van der Waals surface area contributed by atoms with Crippen molar-refractivity contribution in [1.82, 2.24) is 10.6 Å². The Morgan fingerprint density at radius 1 is 1.28 bits per heavy atom.